The topological polar surface area (TPSA) is 63.3 Å². The van der Waals surface area contributed by atoms with Crippen molar-refractivity contribution in [3.05, 3.63) is 0 Å². The molecule has 0 spiro atoms. The van der Waals surface area contributed by atoms with E-state index in [2.05, 4.69) is 6.92 Å². The van der Waals surface area contributed by atoms with Gasteiger partial charge in [-0.25, -0.2) is 0 Å². The molecule has 0 bridgehead atoms. The first-order valence-corrected chi connectivity index (χ1v) is 5.99. The molecule has 0 aromatic heterocycles. The molecule has 1 aliphatic carbocycles. The van der Waals surface area contributed by atoms with Gasteiger partial charge in [-0.15, -0.1) is 0 Å². The highest BCUT2D eigenvalue weighted by Crippen LogP contribution is 2.38. The second-order valence-corrected chi connectivity index (χ2v) is 5.12. The van der Waals surface area contributed by atoms with E-state index in [4.69, 9.17) is 10.8 Å². The van der Waals surface area contributed by atoms with Crippen molar-refractivity contribution in [2.24, 2.45) is 17.6 Å². The van der Waals surface area contributed by atoms with Crippen LogP contribution in [0.4, 0.5) is 0 Å². The Balaban J connectivity index is 2.36. The van der Waals surface area contributed by atoms with Gasteiger partial charge in [0.1, 0.15) is 5.54 Å². The molecule has 0 amide bonds. The standard InChI is InChI=1S/C12H23NO2/c1-3-9(10-5-4-6-10)7-8-12(2,13)11(14)15/h9-10H,3-8,13H2,1-2H3,(H,14,15). The van der Waals surface area contributed by atoms with Gasteiger partial charge in [0.25, 0.3) is 0 Å². The smallest absolute Gasteiger partial charge is 0.323 e. The molecule has 1 saturated carbocycles. The predicted octanol–water partition coefficient (Wildman–Crippen LogP) is 2.39. The van der Waals surface area contributed by atoms with E-state index in [1.165, 1.54) is 19.3 Å². The molecular weight excluding hydrogens is 190 g/mol. The van der Waals surface area contributed by atoms with Crippen LogP contribution in [-0.2, 0) is 4.79 Å². The molecule has 0 aromatic rings. The number of aliphatic carboxylic acids is 1. The fraction of sp³-hybridized carbons (Fsp3) is 0.917. The van der Waals surface area contributed by atoms with Gasteiger partial charge in [0.05, 0.1) is 0 Å². The minimum Gasteiger partial charge on any atom is -0.480 e. The van der Waals surface area contributed by atoms with Crippen LogP contribution in [0.15, 0.2) is 0 Å². The molecular formula is C12H23NO2. The molecule has 0 saturated heterocycles. The van der Waals surface area contributed by atoms with Crippen LogP contribution in [-0.4, -0.2) is 16.6 Å². The number of hydrogen-bond donors (Lipinski definition) is 2. The lowest BCUT2D eigenvalue weighted by Gasteiger charge is -2.34. The maximum atomic E-state index is 10.9. The molecule has 0 aliphatic heterocycles. The Hall–Kier alpha value is -0.570. The van der Waals surface area contributed by atoms with Gasteiger partial charge in [-0.3, -0.25) is 4.79 Å². The summed E-state index contributed by atoms with van der Waals surface area (Å²) in [5, 5.41) is 8.91. The maximum absolute atomic E-state index is 10.9. The van der Waals surface area contributed by atoms with E-state index in [1.807, 2.05) is 0 Å². The summed E-state index contributed by atoms with van der Waals surface area (Å²) in [6.45, 7) is 3.81. The van der Waals surface area contributed by atoms with E-state index >= 15 is 0 Å². The van der Waals surface area contributed by atoms with Crippen molar-refractivity contribution in [3.63, 3.8) is 0 Å². The van der Waals surface area contributed by atoms with Crippen molar-refractivity contribution in [2.45, 2.75) is 57.9 Å². The molecule has 2 unspecified atom stereocenters. The quantitative estimate of drug-likeness (QED) is 0.712. The van der Waals surface area contributed by atoms with Gasteiger partial charge in [-0.1, -0.05) is 32.6 Å². The van der Waals surface area contributed by atoms with E-state index in [1.54, 1.807) is 6.92 Å². The van der Waals surface area contributed by atoms with Crippen LogP contribution in [0.2, 0.25) is 0 Å². The summed E-state index contributed by atoms with van der Waals surface area (Å²) >= 11 is 0. The van der Waals surface area contributed by atoms with Gasteiger partial charge in [-0.05, 0) is 31.6 Å². The van der Waals surface area contributed by atoms with Gasteiger partial charge in [-0.2, -0.15) is 0 Å². The molecule has 1 fully saturated rings. The van der Waals surface area contributed by atoms with Crippen LogP contribution in [0, 0.1) is 11.8 Å². The monoisotopic (exact) mass is 213 g/mol. The van der Waals surface area contributed by atoms with Crippen LogP contribution >= 0.6 is 0 Å². The van der Waals surface area contributed by atoms with Crippen molar-refractivity contribution in [3.8, 4) is 0 Å². The lowest BCUT2D eigenvalue weighted by Crippen LogP contribution is -2.45. The SMILES string of the molecule is CCC(CCC(C)(N)C(=O)O)C1CCC1. The third-order valence-corrected chi connectivity index (χ3v) is 3.86. The van der Waals surface area contributed by atoms with Crippen LogP contribution in [0.5, 0.6) is 0 Å². The molecule has 1 rings (SSSR count). The normalized spacial score (nSPS) is 22.9. The predicted molar refractivity (Wildman–Crippen MR) is 60.6 cm³/mol. The zero-order valence-corrected chi connectivity index (χ0v) is 9.83. The van der Waals surface area contributed by atoms with Gasteiger partial charge < -0.3 is 10.8 Å². The molecule has 1 aliphatic rings. The highest BCUT2D eigenvalue weighted by atomic mass is 16.4. The summed E-state index contributed by atoms with van der Waals surface area (Å²) in [6, 6.07) is 0. The third-order valence-electron chi connectivity index (χ3n) is 3.86. The second kappa shape index (κ2) is 4.97. The summed E-state index contributed by atoms with van der Waals surface area (Å²) in [5.41, 5.74) is 4.68. The van der Waals surface area contributed by atoms with E-state index in [-0.39, 0.29) is 0 Å². The van der Waals surface area contributed by atoms with Crippen LogP contribution < -0.4 is 5.73 Å². The summed E-state index contributed by atoms with van der Waals surface area (Å²) < 4.78 is 0. The summed E-state index contributed by atoms with van der Waals surface area (Å²) in [5.74, 6) is 0.631. The Bertz CT molecular complexity index is 222. The Morgan fingerprint density at radius 2 is 2.20 bits per heavy atom. The Morgan fingerprint density at radius 1 is 1.60 bits per heavy atom. The van der Waals surface area contributed by atoms with E-state index in [9.17, 15) is 4.79 Å². The van der Waals surface area contributed by atoms with Crippen molar-refractivity contribution in [1.29, 1.82) is 0 Å². The fourth-order valence-electron chi connectivity index (χ4n) is 2.28. The maximum Gasteiger partial charge on any atom is 0.323 e. The lowest BCUT2D eigenvalue weighted by molar-refractivity contribution is -0.143. The number of carbonyl (C=O) groups is 1. The van der Waals surface area contributed by atoms with Crippen molar-refractivity contribution in [2.75, 3.05) is 0 Å². The fourth-order valence-corrected chi connectivity index (χ4v) is 2.28. The molecule has 3 heteroatoms. The highest BCUT2D eigenvalue weighted by Gasteiger charge is 2.31. The van der Waals surface area contributed by atoms with Crippen LogP contribution in [0.1, 0.15) is 52.4 Å². The minimum absolute atomic E-state index is 0.595. The average molecular weight is 213 g/mol. The van der Waals surface area contributed by atoms with Gasteiger partial charge in [0.2, 0.25) is 0 Å². The molecule has 2 atom stereocenters. The van der Waals surface area contributed by atoms with Gasteiger partial charge in [0, 0.05) is 0 Å². The van der Waals surface area contributed by atoms with Crippen LogP contribution in [0.25, 0.3) is 0 Å². The van der Waals surface area contributed by atoms with Gasteiger partial charge >= 0.3 is 5.97 Å². The molecule has 0 heterocycles. The Labute approximate surface area is 92.0 Å². The number of carboxylic acids is 1. The summed E-state index contributed by atoms with van der Waals surface area (Å²) in [7, 11) is 0. The number of carboxylic acid groups (broad SMARTS) is 1. The van der Waals surface area contributed by atoms with Gasteiger partial charge in [0.15, 0.2) is 0 Å². The Kier molecular flexibility index (Phi) is 4.14. The first-order chi connectivity index (χ1) is 6.97. The van der Waals surface area contributed by atoms with E-state index in [0.29, 0.717) is 12.3 Å². The first kappa shape index (κ1) is 12.5. The molecule has 3 nitrogen and oxygen atoms in total. The number of rotatable bonds is 6. The lowest BCUT2D eigenvalue weighted by atomic mass is 9.72. The zero-order chi connectivity index (χ0) is 11.5. The van der Waals surface area contributed by atoms with E-state index < -0.39 is 11.5 Å². The first-order valence-electron chi connectivity index (χ1n) is 5.99. The highest BCUT2D eigenvalue weighted by molar-refractivity contribution is 5.77. The van der Waals surface area contributed by atoms with Crippen molar-refractivity contribution < 1.29 is 9.90 Å². The van der Waals surface area contributed by atoms with E-state index in [0.717, 1.165) is 18.8 Å². The largest absolute Gasteiger partial charge is 0.480 e. The number of hydrogen-bond acceptors (Lipinski definition) is 2. The summed E-state index contributed by atoms with van der Waals surface area (Å²) in [4.78, 5) is 10.9. The second-order valence-electron chi connectivity index (χ2n) is 5.12. The van der Waals surface area contributed by atoms with Crippen molar-refractivity contribution in [1.82, 2.24) is 0 Å². The summed E-state index contributed by atoms with van der Waals surface area (Å²) in [6.07, 6.45) is 6.71. The molecule has 3 N–H and O–H groups in total. The molecule has 15 heavy (non-hydrogen) atoms. The van der Waals surface area contributed by atoms with Crippen molar-refractivity contribution >= 4 is 5.97 Å². The van der Waals surface area contributed by atoms with Crippen LogP contribution in [0.3, 0.4) is 0 Å². The average Bonchev–Trinajstić information content (AvgIpc) is 2.08. The molecule has 0 aromatic carbocycles. The Morgan fingerprint density at radius 3 is 2.53 bits per heavy atom. The number of nitrogens with two attached hydrogens (primary N) is 1. The minimum atomic E-state index is -1.04. The third kappa shape index (κ3) is 3.20. The zero-order valence-electron chi connectivity index (χ0n) is 9.83. The molecule has 88 valence electrons. The molecule has 0 radical (unpaired) electrons.